The molecule has 1 aliphatic carbocycles. The SMILES string of the molecule is CCNC(Cc1ccc(Br)s1)C1CC1. The summed E-state index contributed by atoms with van der Waals surface area (Å²) in [6.07, 6.45) is 4.04. The van der Waals surface area contributed by atoms with Gasteiger partial charge in [-0.15, -0.1) is 11.3 Å². The lowest BCUT2D eigenvalue weighted by Crippen LogP contribution is -2.32. The summed E-state index contributed by atoms with van der Waals surface area (Å²) in [6.45, 7) is 3.29. The Hall–Kier alpha value is 0.140. The molecule has 1 nitrogen and oxygen atoms in total. The van der Waals surface area contributed by atoms with Crippen LogP contribution in [-0.2, 0) is 6.42 Å². The van der Waals surface area contributed by atoms with E-state index >= 15 is 0 Å². The van der Waals surface area contributed by atoms with Crippen molar-refractivity contribution in [1.82, 2.24) is 5.32 Å². The van der Waals surface area contributed by atoms with Gasteiger partial charge in [0, 0.05) is 10.9 Å². The smallest absolute Gasteiger partial charge is 0.0701 e. The number of likely N-dealkylation sites (N-methyl/N-ethyl adjacent to an activating group) is 1. The molecular weight excluding hydrogens is 258 g/mol. The summed E-state index contributed by atoms with van der Waals surface area (Å²) in [5.74, 6) is 0.941. The molecule has 1 saturated carbocycles. The van der Waals surface area contributed by atoms with Gasteiger partial charge in [0.1, 0.15) is 0 Å². The van der Waals surface area contributed by atoms with E-state index in [1.807, 2.05) is 11.3 Å². The molecule has 1 unspecified atom stereocenters. The first-order chi connectivity index (χ1) is 6.79. The zero-order chi connectivity index (χ0) is 9.97. The average molecular weight is 274 g/mol. The standard InChI is InChI=1S/C11H16BrNS/c1-2-13-10(8-3-4-8)7-9-5-6-11(12)14-9/h5-6,8,10,13H,2-4,7H2,1H3. The average Bonchev–Trinajstić information content (AvgIpc) is 2.91. The first-order valence-electron chi connectivity index (χ1n) is 5.27. The highest BCUT2D eigenvalue weighted by Crippen LogP contribution is 2.35. The maximum Gasteiger partial charge on any atom is 0.0701 e. The Balaban J connectivity index is 1.92. The third kappa shape index (κ3) is 2.81. The van der Waals surface area contributed by atoms with Crippen molar-refractivity contribution in [3.63, 3.8) is 0 Å². The number of thiophene rings is 1. The fourth-order valence-corrected chi connectivity index (χ4v) is 3.39. The highest BCUT2D eigenvalue weighted by atomic mass is 79.9. The molecule has 0 radical (unpaired) electrons. The molecule has 1 N–H and O–H groups in total. The van der Waals surface area contributed by atoms with Crippen LogP contribution in [0, 0.1) is 5.92 Å². The van der Waals surface area contributed by atoms with Crippen LogP contribution in [0.3, 0.4) is 0 Å². The van der Waals surface area contributed by atoms with E-state index in [4.69, 9.17) is 0 Å². The number of rotatable bonds is 5. The molecule has 0 spiro atoms. The summed E-state index contributed by atoms with van der Waals surface area (Å²) in [5, 5.41) is 3.59. The van der Waals surface area contributed by atoms with Crippen molar-refractivity contribution in [3.05, 3.63) is 20.8 Å². The molecule has 1 heterocycles. The third-order valence-electron chi connectivity index (χ3n) is 2.71. The van der Waals surface area contributed by atoms with Crippen molar-refractivity contribution in [1.29, 1.82) is 0 Å². The highest BCUT2D eigenvalue weighted by molar-refractivity contribution is 9.11. The van der Waals surface area contributed by atoms with Gasteiger partial charge in [-0.1, -0.05) is 6.92 Å². The fraction of sp³-hybridized carbons (Fsp3) is 0.636. The molecule has 0 aliphatic heterocycles. The van der Waals surface area contributed by atoms with Gasteiger partial charge >= 0.3 is 0 Å². The topological polar surface area (TPSA) is 12.0 Å². The van der Waals surface area contributed by atoms with Crippen LogP contribution in [0.5, 0.6) is 0 Å². The van der Waals surface area contributed by atoms with Crippen molar-refractivity contribution >= 4 is 27.3 Å². The van der Waals surface area contributed by atoms with Gasteiger partial charge in [0.2, 0.25) is 0 Å². The number of halogens is 1. The minimum absolute atomic E-state index is 0.713. The Bertz CT molecular complexity index is 293. The molecule has 1 aliphatic rings. The molecule has 1 aromatic heterocycles. The van der Waals surface area contributed by atoms with Gasteiger partial charge in [-0.3, -0.25) is 0 Å². The molecule has 1 atom stereocenters. The van der Waals surface area contributed by atoms with Crippen LogP contribution in [-0.4, -0.2) is 12.6 Å². The van der Waals surface area contributed by atoms with E-state index in [1.165, 1.54) is 27.9 Å². The first-order valence-corrected chi connectivity index (χ1v) is 6.88. The van der Waals surface area contributed by atoms with Gasteiger partial charge in [0.15, 0.2) is 0 Å². The normalized spacial score (nSPS) is 18.4. The van der Waals surface area contributed by atoms with Gasteiger partial charge in [0.25, 0.3) is 0 Å². The van der Waals surface area contributed by atoms with Crippen LogP contribution in [0.25, 0.3) is 0 Å². The maximum atomic E-state index is 3.59. The largest absolute Gasteiger partial charge is 0.314 e. The van der Waals surface area contributed by atoms with E-state index in [1.54, 1.807) is 0 Å². The molecule has 3 heteroatoms. The molecule has 0 saturated heterocycles. The van der Waals surface area contributed by atoms with Gasteiger partial charge < -0.3 is 5.32 Å². The van der Waals surface area contributed by atoms with Crippen molar-refractivity contribution in [2.45, 2.75) is 32.2 Å². The van der Waals surface area contributed by atoms with E-state index in [0.29, 0.717) is 6.04 Å². The quantitative estimate of drug-likeness (QED) is 0.867. The second-order valence-corrected chi connectivity index (χ2v) is 6.46. The summed E-state index contributed by atoms with van der Waals surface area (Å²) in [5.41, 5.74) is 0. The van der Waals surface area contributed by atoms with E-state index in [2.05, 4.69) is 40.3 Å². The second-order valence-electron chi connectivity index (χ2n) is 3.91. The first kappa shape index (κ1) is 10.7. The van der Waals surface area contributed by atoms with Crippen LogP contribution in [0.4, 0.5) is 0 Å². The van der Waals surface area contributed by atoms with E-state index < -0.39 is 0 Å². The van der Waals surface area contributed by atoms with Crippen LogP contribution < -0.4 is 5.32 Å². The van der Waals surface area contributed by atoms with Gasteiger partial charge in [-0.25, -0.2) is 0 Å². The van der Waals surface area contributed by atoms with Crippen LogP contribution in [0.15, 0.2) is 15.9 Å². The van der Waals surface area contributed by atoms with Crippen molar-refractivity contribution in [3.8, 4) is 0 Å². The van der Waals surface area contributed by atoms with Crippen LogP contribution in [0.1, 0.15) is 24.6 Å². The molecule has 0 aromatic carbocycles. The zero-order valence-electron chi connectivity index (χ0n) is 8.42. The van der Waals surface area contributed by atoms with Crippen molar-refractivity contribution < 1.29 is 0 Å². The summed E-state index contributed by atoms with van der Waals surface area (Å²) in [6, 6.07) is 5.10. The van der Waals surface area contributed by atoms with Gasteiger partial charge in [0.05, 0.1) is 3.79 Å². The zero-order valence-corrected chi connectivity index (χ0v) is 10.8. The highest BCUT2D eigenvalue weighted by Gasteiger charge is 2.30. The minimum Gasteiger partial charge on any atom is -0.314 e. The Morgan fingerprint density at radius 3 is 2.86 bits per heavy atom. The molecule has 2 rings (SSSR count). The number of hydrogen-bond acceptors (Lipinski definition) is 2. The van der Waals surface area contributed by atoms with Crippen molar-refractivity contribution in [2.24, 2.45) is 5.92 Å². The molecule has 78 valence electrons. The van der Waals surface area contributed by atoms with E-state index in [0.717, 1.165) is 12.5 Å². The third-order valence-corrected chi connectivity index (χ3v) is 4.35. The molecule has 1 fully saturated rings. The Labute approximate surface area is 98.0 Å². The second kappa shape index (κ2) is 4.77. The molecule has 0 amide bonds. The van der Waals surface area contributed by atoms with Crippen molar-refractivity contribution in [2.75, 3.05) is 6.54 Å². The fourth-order valence-electron chi connectivity index (χ4n) is 1.84. The lowest BCUT2D eigenvalue weighted by Gasteiger charge is -2.15. The number of nitrogens with one attached hydrogen (secondary N) is 1. The molecular formula is C11H16BrNS. The summed E-state index contributed by atoms with van der Waals surface area (Å²) in [4.78, 5) is 1.50. The lowest BCUT2D eigenvalue weighted by atomic mass is 10.1. The van der Waals surface area contributed by atoms with Gasteiger partial charge in [-0.2, -0.15) is 0 Å². The summed E-state index contributed by atoms with van der Waals surface area (Å²) < 4.78 is 1.25. The molecule has 14 heavy (non-hydrogen) atoms. The predicted octanol–water partition coefficient (Wildman–Crippen LogP) is 3.44. The maximum absolute atomic E-state index is 3.59. The van der Waals surface area contributed by atoms with Gasteiger partial charge in [-0.05, 0) is 59.8 Å². The van der Waals surface area contributed by atoms with E-state index in [-0.39, 0.29) is 0 Å². The predicted molar refractivity (Wildman–Crippen MR) is 65.9 cm³/mol. The Morgan fingerprint density at radius 2 is 2.36 bits per heavy atom. The summed E-state index contributed by atoms with van der Waals surface area (Å²) >= 11 is 5.38. The van der Waals surface area contributed by atoms with E-state index in [9.17, 15) is 0 Å². The number of hydrogen-bond donors (Lipinski definition) is 1. The summed E-state index contributed by atoms with van der Waals surface area (Å²) in [7, 11) is 0. The molecule has 0 bridgehead atoms. The van der Waals surface area contributed by atoms with Crippen LogP contribution in [0.2, 0.25) is 0 Å². The molecule has 1 aromatic rings. The monoisotopic (exact) mass is 273 g/mol. The van der Waals surface area contributed by atoms with Crippen LogP contribution >= 0.6 is 27.3 Å². The lowest BCUT2D eigenvalue weighted by molar-refractivity contribution is 0.475. The minimum atomic E-state index is 0.713. The Kier molecular flexibility index (Phi) is 3.63. The Morgan fingerprint density at radius 1 is 1.57 bits per heavy atom.